The van der Waals surface area contributed by atoms with Crippen molar-refractivity contribution >= 4 is 5.69 Å². The number of nitrogens with zero attached hydrogens (tertiary/aromatic N) is 4. The van der Waals surface area contributed by atoms with Crippen molar-refractivity contribution in [3.05, 3.63) is 23.8 Å². The van der Waals surface area contributed by atoms with E-state index in [0.29, 0.717) is 11.7 Å². The summed E-state index contributed by atoms with van der Waals surface area (Å²) in [5.41, 5.74) is 5.55. The molecule has 2 N–H and O–H groups in total. The highest BCUT2D eigenvalue weighted by Gasteiger charge is 2.25. The molecular weight excluding hydrogens is 276 g/mol. The van der Waals surface area contributed by atoms with Gasteiger partial charge in [-0.2, -0.15) is 0 Å². The summed E-state index contributed by atoms with van der Waals surface area (Å²) in [6, 6.07) is 2.16. The van der Waals surface area contributed by atoms with Crippen LogP contribution < -0.4 is 5.73 Å². The number of halogens is 2. The van der Waals surface area contributed by atoms with E-state index in [1.807, 2.05) is 0 Å². The van der Waals surface area contributed by atoms with E-state index in [4.69, 9.17) is 5.73 Å². The Kier molecular flexibility index (Phi) is 3.57. The molecule has 7 heteroatoms. The third-order valence-corrected chi connectivity index (χ3v) is 4.07. The number of benzene rings is 1. The maximum Gasteiger partial charge on any atom is 0.185 e. The molecule has 0 bridgehead atoms. The Morgan fingerprint density at radius 2 is 2.05 bits per heavy atom. The average molecular weight is 293 g/mol. The highest BCUT2D eigenvalue weighted by molar-refractivity contribution is 5.62. The van der Waals surface area contributed by atoms with E-state index in [9.17, 15) is 8.78 Å². The van der Waals surface area contributed by atoms with E-state index in [1.54, 1.807) is 4.68 Å². The minimum Gasteiger partial charge on any atom is -0.396 e. The molecule has 21 heavy (non-hydrogen) atoms. The smallest absolute Gasteiger partial charge is 0.185 e. The van der Waals surface area contributed by atoms with Crippen molar-refractivity contribution in [2.45, 2.75) is 38.6 Å². The molecule has 1 heterocycles. The van der Waals surface area contributed by atoms with Gasteiger partial charge in [0, 0.05) is 6.07 Å². The van der Waals surface area contributed by atoms with Gasteiger partial charge in [0.2, 0.25) is 0 Å². The highest BCUT2D eigenvalue weighted by atomic mass is 19.1. The van der Waals surface area contributed by atoms with Gasteiger partial charge in [-0.3, -0.25) is 0 Å². The molecule has 1 fully saturated rings. The molecule has 5 nitrogen and oxygen atoms in total. The molecule has 1 aromatic carbocycles. The number of rotatable bonds is 2. The third-order valence-electron chi connectivity index (χ3n) is 4.07. The van der Waals surface area contributed by atoms with E-state index < -0.39 is 11.6 Å². The van der Waals surface area contributed by atoms with E-state index in [-0.39, 0.29) is 17.3 Å². The molecule has 1 aliphatic rings. The summed E-state index contributed by atoms with van der Waals surface area (Å²) in [5.74, 6) is -0.592. The largest absolute Gasteiger partial charge is 0.396 e. The standard InChI is InChI=1S/C14H17F2N5/c1-8-3-2-4-9(5-8)21-14(18-19-20-21)10-6-13(17)12(16)7-11(10)15/h6-9H,2-5,17H2,1H3. The molecule has 112 valence electrons. The Bertz CT molecular complexity index is 655. The molecule has 0 spiro atoms. The number of anilines is 1. The van der Waals surface area contributed by atoms with Crippen molar-refractivity contribution in [1.82, 2.24) is 20.2 Å². The Morgan fingerprint density at radius 1 is 1.24 bits per heavy atom. The van der Waals surface area contributed by atoms with Crippen molar-refractivity contribution in [2.75, 3.05) is 5.73 Å². The monoisotopic (exact) mass is 293 g/mol. The first-order valence-electron chi connectivity index (χ1n) is 7.09. The first-order chi connectivity index (χ1) is 10.1. The topological polar surface area (TPSA) is 69.6 Å². The quantitative estimate of drug-likeness (QED) is 0.864. The molecule has 1 aromatic heterocycles. The first-order valence-corrected chi connectivity index (χ1v) is 7.09. The maximum atomic E-state index is 14.0. The first kappa shape index (κ1) is 13.9. The molecule has 2 unspecified atom stereocenters. The van der Waals surface area contributed by atoms with Gasteiger partial charge in [0.05, 0.1) is 17.3 Å². The average Bonchev–Trinajstić information content (AvgIpc) is 2.92. The van der Waals surface area contributed by atoms with Gasteiger partial charge in [-0.1, -0.05) is 19.8 Å². The molecule has 0 amide bonds. The zero-order chi connectivity index (χ0) is 15.0. The second-order valence-corrected chi connectivity index (χ2v) is 5.73. The summed E-state index contributed by atoms with van der Waals surface area (Å²) in [6.45, 7) is 2.19. The van der Waals surface area contributed by atoms with Gasteiger partial charge in [0.1, 0.15) is 11.6 Å². The van der Waals surface area contributed by atoms with Crippen molar-refractivity contribution in [1.29, 1.82) is 0 Å². The van der Waals surface area contributed by atoms with Gasteiger partial charge in [0.25, 0.3) is 0 Å². The molecule has 3 rings (SSSR count). The van der Waals surface area contributed by atoms with Crippen LogP contribution in [0.2, 0.25) is 0 Å². The van der Waals surface area contributed by atoms with Crippen LogP contribution in [0.4, 0.5) is 14.5 Å². The normalized spacial score (nSPS) is 22.4. The fourth-order valence-corrected chi connectivity index (χ4v) is 2.98. The lowest BCUT2D eigenvalue weighted by Gasteiger charge is -2.27. The Hall–Kier alpha value is -2.05. The van der Waals surface area contributed by atoms with Gasteiger partial charge in [-0.25, -0.2) is 13.5 Å². The number of aromatic nitrogens is 4. The van der Waals surface area contributed by atoms with Crippen LogP contribution in [-0.4, -0.2) is 20.2 Å². The highest BCUT2D eigenvalue weighted by Crippen LogP contribution is 2.34. The zero-order valence-electron chi connectivity index (χ0n) is 11.8. The van der Waals surface area contributed by atoms with Crippen molar-refractivity contribution in [3.8, 4) is 11.4 Å². The van der Waals surface area contributed by atoms with Crippen LogP contribution in [0.15, 0.2) is 12.1 Å². The Labute approximate surface area is 121 Å². The summed E-state index contributed by atoms with van der Waals surface area (Å²) < 4.78 is 28.9. The second-order valence-electron chi connectivity index (χ2n) is 5.73. The minimum atomic E-state index is -0.776. The molecule has 1 aliphatic carbocycles. The fourth-order valence-electron chi connectivity index (χ4n) is 2.98. The lowest BCUT2D eigenvalue weighted by atomic mass is 9.87. The van der Waals surface area contributed by atoms with Crippen LogP contribution in [0, 0.1) is 17.6 Å². The predicted octanol–water partition coefficient (Wildman–Crippen LogP) is 2.95. The zero-order valence-corrected chi connectivity index (χ0v) is 11.8. The minimum absolute atomic E-state index is 0.113. The lowest BCUT2D eigenvalue weighted by Crippen LogP contribution is -2.20. The number of nitrogens with two attached hydrogens (primary N) is 1. The van der Waals surface area contributed by atoms with E-state index >= 15 is 0 Å². The van der Waals surface area contributed by atoms with Crippen molar-refractivity contribution in [2.24, 2.45) is 5.92 Å². The molecule has 0 saturated heterocycles. The lowest BCUT2D eigenvalue weighted by molar-refractivity contribution is 0.265. The number of hydrogen-bond donors (Lipinski definition) is 1. The predicted molar refractivity (Wildman–Crippen MR) is 74.3 cm³/mol. The van der Waals surface area contributed by atoms with E-state index in [2.05, 4.69) is 22.4 Å². The Morgan fingerprint density at radius 3 is 2.81 bits per heavy atom. The molecular formula is C14H17F2N5. The van der Waals surface area contributed by atoms with Crippen LogP contribution in [0.25, 0.3) is 11.4 Å². The van der Waals surface area contributed by atoms with Crippen LogP contribution in [-0.2, 0) is 0 Å². The van der Waals surface area contributed by atoms with Crippen LogP contribution in [0.5, 0.6) is 0 Å². The molecule has 0 aliphatic heterocycles. The summed E-state index contributed by atoms with van der Waals surface area (Å²) >= 11 is 0. The van der Waals surface area contributed by atoms with Crippen LogP contribution in [0.3, 0.4) is 0 Å². The van der Waals surface area contributed by atoms with Gasteiger partial charge in [-0.05, 0) is 35.3 Å². The number of nitrogen functional groups attached to an aromatic ring is 1. The van der Waals surface area contributed by atoms with Crippen LogP contribution in [0.1, 0.15) is 38.6 Å². The molecule has 0 radical (unpaired) electrons. The van der Waals surface area contributed by atoms with Gasteiger partial charge >= 0.3 is 0 Å². The fraction of sp³-hybridized carbons (Fsp3) is 0.500. The summed E-state index contributed by atoms with van der Waals surface area (Å²) in [6.07, 6.45) is 4.20. The number of hydrogen-bond acceptors (Lipinski definition) is 4. The summed E-state index contributed by atoms with van der Waals surface area (Å²) in [4.78, 5) is 0. The number of tetrazole rings is 1. The molecule has 2 atom stereocenters. The Balaban J connectivity index is 2.01. The van der Waals surface area contributed by atoms with E-state index in [0.717, 1.165) is 25.3 Å². The molecule has 2 aromatic rings. The van der Waals surface area contributed by atoms with Crippen molar-refractivity contribution < 1.29 is 8.78 Å². The maximum absolute atomic E-state index is 14.0. The molecule has 1 saturated carbocycles. The summed E-state index contributed by atoms with van der Waals surface area (Å²) in [7, 11) is 0. The van der Waals surface area contributed by atoms with Gasteiger partial charge < -0.3 is 5.73 Å². The van der Waals surface area contributed by atoms with Gasteiger partial charge in [0.15, 0.2) is 5.82 Å². The van der Waals surface area contributed by atoms with Crippen molar-refractivity contribution in [3.63, 3.8) is 0 Å². The third kappa shape index (κ3) is 2.59. The SMILES string of the molecule is CC1CCCC(n2nnnc2-c2cc(N)c(F)cc2F)C1. The van der Waals surface area contributed by atoms with E-state index in [1.165, 1.54) is 12.5 Å². The van der Waals surface area contributed by atoms with Gasteiger partial charge in [-0.15, -0.1) is 5.10 Å². The summed E-state index contributed by atoms with van der Waals surface area (Å²) in [5, 5.41) is 11.6. The van der Waals surface area contributed by atoms with Crippen LogP contribution >= 0.6 is 0 Å². The second kappa shape index (κ2) is 5.38.